The third-order valence-electron chi connectivity index (χ3n) is 4.21. The minimum atomic E-state index is 0.0720. The maximum atomic E-state index is 12.1. The van der Waals surface area contributed by atoms with Crippen molar-refractivity contribution in [3.8, 4) is 11.4 Å². The Hall–Kier alpha value is -2.47. The molecule has 1 aliphatic rings. The Kier molecular flexibility index (Phi) is 4.84. The molecule has 2 aromatic carbocycles. The lowest BCUT2D eigenvalue weighted by Crippen LogP contribution is -2.27. The number of imidazole rings is 1. The summed E-state index contributed by atoms with van der Waals surface area (Å²) in [5.74, 6) is 1.29. The number of carbonyl (C=O) groups excluding carboxylic acids is 1. The van der Waals surface area contributed by atoms with Gasteiger partial charge in [-0.25, -0.2) is 4.98 Å². The summed E-state index contributed by atoms with van der Waals surface area (Å²) < 4.78 is 7.63. The molecule has 0 aliphatic heterocycles. The molecule has 5 nitrogen and oxygen atoms in total. The second-order valence-electron chi connectivity index (χ2n) is 6.28. The zero-order chi connectivity index (χ0) is 17.9. The number of rotatable bonds is 7. The Bertz CT molecular complexity index is 916. The topological polar surface area (TPSA) is 56.1 Å². The van der Waals surface area contributed by atoms with E-state index < -0.39 is 0 Å². The lowest BCUT2D eigenvalue weighted by molar-refractivity contribution is -0.118. The number of para-hydroxylation sites is 2. The fraction of sp³-hybridized carbons (Fsp3) is 0.300. The molecular weight excluding hydrogens is 346 g/mol. The summed E-state index contributed by atoms with van der Waals surface area (Å²) in [6, 6.07) is 16.4. The van der Waals surface area contributed by atoms with Crippen molar-refractivity contribution < 1.29 is 9.53 Å². The quantitative estimate of drug-likeness (QED) is 0.646. The van der Waals surface area contributed by atoms with Crippen molar-refractivity contribution in [2.75, 3.05) is 12.4 Å². The normalized spacial score (nSPS) is 13.7. The van der Waals surface area contributed by atoms with Crippen molar-refractivity contribution in [3.63, 3.8) is 0 Å². The van der Waals surface area contributed by atoms with Gasteiger partial charge in [-0.1, -0.05) is 23.9 Å². The molecular formula is C20H21N3O2S. The number of benzene rings is 2. The molecule has 1 heterocycles. The number of hydrogen-bond donors (Lipinski definition) is 1. The standard InChI is InChI=1S/C20H21N3O2S/c1-2-25-16-11-9-15(10-12-16)23-18-6-4-3-5-17(18)22-20(23)26-13-19(24)21-14-7-8-14/h3-6,9-12,14H,2,7-8,13H2,1H3,(H,21,24). The number of hydrogen-bond acceptors (Lipinski definition) is 4. The highest BCUT2D eigenvalue weighted by Crippen LogP contribution is 2.29. The summed E-state index contributed by atoms with van der Waals surface area (Å²) in [5.41, 5.74) is 2.96. The molecule has 3 aromatic rings. The van der Waals surface area contributed by atoms with E-state index in [-0.39, 0.29) is 5.91 Å². The van der Waals surface area contributed by atoms with Crippen molar-refractivity contribution >= 4 is 28.7 Å². The van der Waals surface area contributed by atoms with Crippen molar-refractivity contribution in [2.45, 2.75) is 31.0 Å². The van der Waals surface area contributed by atoms with Gasteiger partial charge in [-0.05, 0) is 56.2 Å². The van der Waals surface area contributed by atoms with Gasteiger partial charge in [0.05, 0.1) is 23.4 Å². The zero-order valence-corrected chi connectivity index (χ0v) is 15.5. The average molecular weight is 367 g/mol. The van der Waals surface area contributed by atoms with Gasteiger partial charge in [0.2, 0.25) is 5.91 Å². The van der Waals surface area contributed by atoms with Gasteiger partial charge in [-0.2, -0.15) is 0 Å². The van der Waals surface area contributed by atoms with Gasteiger partial charge in [0.25, 0.3) is 0 Å². The van der Waals surface area contributed by atoms with Gasteiger partial charge < -0.3 is 10.1 Å². The van der Waals surface area contributed by atoms with Gasteiger partial charge in [0.1, 0.15) is 5.75 Å². The molecule has 1 saturated carbocycles. The minimum absolute atomic E-state index is 0.0720. The molecule has 0 unspecified atom stereocenters. The van der Waals surface area contributed by atoms with E-state index in [9.17, 15) is 4.79 Å². The Morgan fingerprint density at radius 3 is 2.73 bits per heavy atom. The van der Waals surface area contributed by atoms with Crippen LogP contribution in [0.25, 0.3) is 16.7 Å². The maximum Gasteiger partial charge on any atom is 0.230 e. The molecule has 1 fully saturated rings. The molecule has 0 saturated heterocycles. The summed E-state index contributed by atoms with van der Waals surface area (Å²) in [7, 11) is 0. The van der Waals surface area contributed by atoms with Gasteiger partial charge in [0, 0.05) is 11.7 Å². The number of thioether (sulfide) groups is 1. The number of carbonyl (C=O) groups is 1. The van der Waals surface area contributed by atoms with Crippen LogP contribution in [-0.2, 0) is 4.79 Å². The zero-order valence-electron chi connectivity index (χ0n) is 14.6. The van der Waals surface area contributed by atoms with Gasteiger partial charge in [-0.3, -0.25) is 9.36 Å². The Morgan fingerprint density at radius 2 is 2.00 bits per heavy atom. The van der Waals surface area contributed by atoms with Crippen molar-refractivity contribution in [1.82, 2.24) is 14.9 Å². The molecule has 1 N–H and O–H groups in total. The van der Waals surface area contributed by atoms with Crippen LogP contribution in [0.4, 0.5) is 0 Å². The van der Waals surface area contributed by atoms with E-state index in [1.54, 1.807) is 0 Å². The summed E-state index contributed by atoms with van der Waals surface area (Å²) in [6.07, 6.45) is 2.20. The number of fused-ring (bicyclic) bond motifs is 1. The number of aromatic nitrogens is 2. The molecule has 0 bridgehead atoms. The van der Waals surface area contributed by atoms with Crippen LogP contribution in [0.15, 0.2) is 53.7 Å². The predicted molar refractivity (Wildman–Crippen MR) is 104 cm³/mol. The summed E-state index contributed by atoms with van der Waals surface area (Å²) >= 11 is 1.47. The summed E-state index contributed by atoms with van der Waals surface area (Å²) in [4.78, 5) is 16.8. The molecule has 1 amide bonds. The first-order chi connectivity index (χ1) is 12.7. The van der Waals surface area contributed by atoms with Crippen molar-refractivity contribution in [2.24, 2.45) is 0 Å². The molecule has 134 valence electrons. The van der Waals surface area contributed by atoms with Gasteiger partial charge >= 0.3 is 0 Å². The number of amides is 1. The van der Waals surface area contributed by atoms with Crippen LogP contribution in [0.1, 0.15) is 19.8 Å². The van der Waals surface area contributed by atoms with E-state index in [0.717, 1.165) is 40.5 Å². The molecule has 0 atom stereocenters. The number of nitrogens with zero attached hydrogens (tertiary/aromatic N) is 2. The molecule has 0 radical (unpaired) electrons. The first-order valence-electron chi connectivity index (χ1n) is 8.87. The van der Waals surface area contributed by atoms with Crippen LogP contribution in [0.5, 0.6) is 5.75 Å². The Balaban J connectivity index is 1.63. The van der Waals surface area contributed by atoms with E-state index in [0.29, 0.717) is 18.4 Å². The third kappa shape index (κ3) is 3.70. The number of nitrogens with one attached hydrogen (secondary N) is 1. The van der Waals surface area contributed by atoms with E-state index in [4.69, 9.17) is 9.72 Å². The Morgan fingerprint density at radius 1 is 1.23 bits per heavy atom. The largest absolute Gasteiger partial charge is 0.494 e. The van der Waals surface area contributed by atoms with Crippen LogP contribution >= 0.6 is 11.8 Å². The minimum Gasteiger partial charge on any atom is -0.494 e. The van der Waals surface area contributed by atoms with Crippen LogP contribution in [-0.4, -0.2) is 33.9 Å². The number of ether oxygens (including phenoxy) is 1. The smallest absolute Gasteiger partial charge is 0.230 e. The van der Waals surface area contributed by atoms with E-state index >= 15 is 0 Å². The monoisotopic (exact) mass is 367 g/mol. The summed E-state index contributed by atoms with van der Waals surface area (Å²) in [5, 5.41) is 3.85. The van der Waals surface area contributed by atoms with Crippen LogP contribution in [0.2, 0.25) is 0 Å². The third-order valence-corrected chi connectivity index (χ3v) is 5.15. The van der Waals surface area contributed by atoms with Crippen molar-refractivity contribution in [3.05, 3.63) is 48.5 Å². The van der Waals surface area contributed by atoms with Gasteiger partial charge in [0.15, 0.2) is 5.16 Å². The van der Waals surface area contributed by atoms with Gasteiger partial charge in [-0.15, -0.1) is 0 Å². The fourth-order valence-electron chi connectivity index (χ4n) is 2.84. The maximum absolute atomic E-state index is 12.1. The van der Waals surface area contributed by atoms with Crippen molar-refractivity contribution in [1.29, 1.82) is 0 Å². The molecule has 1 aliphatic carbocycles. The highest BCUT2D eigenvalue weighted by molar-refractivity contribution is 7.99. The van der Waals surface area contributed by atoms with E-state index in [1.165, 1.54) is 11.8 Å². The molecule has 4 rings (SSSR count). The lowest BCUT2D eigenvalue weighted by atomic mass is 10.2. The highest BCUT2D eigenvalue weighted by atomic mass is 32.2. The SMILES string of the molecule is CCOc1ccc(-n2c(SCC(=O)NC3CC3)nc3ccccc32)cc1. The predicted octanol–water partition coefficient (Wildman–Crippen LogP) is 3.79. The van der Waals surface area contributed by atoms with E-state index in [2.05, 4.69) is 9.88 Å². The highest BCUT2D eigenvalue weighted by Gasteiger charge is 2.23. The van der Waals surface area contributed by atoms with E-state index in [1.807, 2.05) is 55.5 Å². The second kappa shape index (κ2) is 7.41. The molecule has 26 heavy (non-hydrogen) atoms. The van der Waals surface area contributed by atoms with Crippen LogP contribution in [0, 0.1) is 0 Å². The molecule has 1 aromatic heterocycles. The van der Waals surface area contributed by atoms with Crippen LogP contribution < -0.4 is 10.1 Å². The molecule has 0 spiro atoms. The second-order valence-corrected chi connectivity index (χ2v) is 7.22. The van der Waals surface area contributed by atoms with Crippen LogP contribution in [0.3, 0.4) is 0 Å². The fourth-order valence-corrected chi connectivity index (χ4v) is 3.67. The lowest BCUT2D eigenvalue weighted by Gasteiger charge is -2.10. The molecule has 6 heteroatoms. The first-order valence-corrected chi connectivity index (χ1v) is 9.86. The Labute approximate surface area is 156 Å². The first kappa shape index (κ1) is 17.0. The average Bonchev–Trinajstić information content (AvgIpc) is 3.39. The summed E-state index contributed by atoms with van der Waals surface area (Å²) in [6.45, 7) is 2.61.